The van der Waals surface area contributed by atoms with Crippen molar-refractivity contribution in [3.63, 3.8) is 0 Å². The number of likely N-dealkylation sites (tertiary alicyclic amines) is 1. The van der Waals surface area contributed by atoms with Crippen LogP contribution >= 0.6 is 0 Å². The van der Waals surface area contributed by atoms with Crippen LogP contribution in [0.3, 0.4) is 0 Å². The number of nitrogens with zero attached hydrogens (tertiary/aromatic N) is 1. The molecule has 2 atom stereocenters. The molecule has 4 heteroatoms. The van der Waals surface area contributed by atoms with Gasteiger partial charge in [0, 0.05) is 19.1 Å². The van der Waals surface area contributed by atoms with Gasteiger partial charge in [-0.1, -0.05) is 12.8 Å². The summed E-state index contributed by atoms with van der Waals surface area (Å²) in [5.41, 5.74) is 0. The SMILES string of the molecule is O=C1[C@@H]2CNC[C@H]2C(=O)N1C1CCCC1. The van der Waals surface area contributed by atoms with E-state index in [1.54, 1.807) is 4.90 Å². The summed E-state index contributed by atoms with van der Waals surface area (Å²) < 4.78 is 0. The Hall–Kier alpha value is -0.900. The van der Waals surface area contributed by atoms with Crippen molar-refractivity contribution in [3.05, 3.63) is 0 Å². The van der Waals surface area contributed by atoms with E-state index in [9.17, 15) is 9.59 Å². The predicted molar refractivity (Wildman–Crippen MR) is 54.0 cm³/mol. The van der Waals surface area contributed by atoms with Gasteiger partial charge < -0.3 is 5.32 Å². The Morgan fingerprint density at radius 3 is 2.07 bits per heavy atom. The molecule has 0 radical (unpaired) electrons. The molecule has 2 amide bonds. The average Bonchev–Trinajstić information content (AvgIpc) is 2.89. The molecule has 1 saturated carbocycles. The maximum absolute atomic E-state index is 12.0. The lowest BCUT2D eigenvalue weighted by atomic mass is 10.00. The highest BCUT2D eigenvalue weighted by Gasteiger charge is 2.52. The van der Waals surface area contributed by atoms with Crippen LogP contribution in [0.5, 0.6) is 0 Å². The molecule has 82 valence electrons. The molecule has 2 aliphatic heterocycles. The zero-order valence-corrected chi connectivity index (χ0v) is 8.74. The number of carbonyl (C=O) groups excluding carboxylic acids is 2. The van der Waals surface area contributed by atoms with E-state index in [2.05, 4.69) is 5.32 Å². The molecule has 1 aliphatic carbocycles. The van der Waals surface area contributed by atoms with Gasteiger partial charge >= 0.3 is 0 Å². The Balaban J connectivity index is 1.84. The molecule has 0 aromatic rings. The van der Waals surface area contributed by atoms with E-state index in [1.165, 1.54) is 0 Å². The first-order chi connectivity index (χ1) is 7.29. The van der Waals surface area contributed by atoms with Crippen LogP contribution < -0.4 is 5.32 Å². The topological polar surface area (TPSA) is 49.4 Å². The lowest BCUT2D eigenvalue weighted by molar-refractivity contribution is -0.142. The highest BCUT2D eigenvalue weighted by atomic mass is 16.2. The van der Waals surface area contributed by atoms with Crippen LogP contribution in [0, 0.1) is 11.8 Å². The molecule has 2 heterocycles. The minimum Gasteiger partial charge on any atom is -0.315 e. The highest BCUT2D eigenvalue weighted by molar-refractivity contribution is 6.06. The lowest BCUT2D eigenvalue weighted by Crippen LogP contribution is -2.41. The molecular formula is C11H16N2O2. The van der Waals surface area contributed by atoms with E-state index in [4.69, 9.17) is 0 Å². The van der Waals surface area contributed by atoms with Crippen molar-refractivity contribution < 1.29 is 9.59 Å². The molecule has 4 nitrogen and oxygen atoms in total. The Labute approximate surface area is 89.0 Å². The van der Waals surface area contributed by atoms with E-state index in [0.717, 1.165) is 25.7 Å². The highest BCUT2D eigenvalue weighted by Crippen LogP contribution is 2.34. The van der Waals surface area contributed by atoms with Crippen molar-refractivity contribution in [3.8, 4) is 0 Å². The van der Waals surface area contributed by atoms with Crippen molar-refractivity contribution in [1.29, 1.82) is 0 Å². The van der Waals surface area contributed by atoms with Gasteiger partial charge in [0.1, 0.15) is 0 Å². The number of carbonyl (C=O) groups is 2. The number of fused-ring (bicyclic) bond motifs is 1. The smallest absolute Gasteiger partial charge is 0.234 e. The number of nitrogens with one attached hydrogen (secondary N) is 1. The van der Waals surface area contributed by atoms with E-state index in [1.807, 2.05) is 0 Å². The molecule has 2 saturated heterocycles. The van der Waals surface area contributed by atoms with Crippen LogP contribution in [0.2, 0.25) is 0 Å². The van der Waals surface area contributed by atoms with Crippen molar-refractivity contribution >= 4 is 11.8 Å². The zero-order chi connectivity index (χ0) is 10.4. The first-order valence-electron chi connectivity index (χ1n) is 5.86. The molecular weight excluding hydrogens is 192 g/mol. The average molecular weight is 208 g/mol. The number of imide groups is 1. The maximum Gasteiger partial charge on any atom is 0.234 e. The fourth-order valence-corrected chi connectivity index (χ4v) is 3.19. The summed E-state index contributed by atoms with van der Waals surface area (Å²) in [6.45, 7) is 1.39. The molecule has 1 N–H and O–H groups in total. The van der Waals surface area contributed by atoms with Crippen molar-refractivity contribution in [2.75, 3.05) is 13.1 Å². The molecule has 0 spiro atoms. The normalized spacial score (nSPS) is 36.7. The molecule has 3 fully saturated rings. The third-order valence-electron chi connectivity index (χ3n) is 4.01. The first kappa shape index (κ1) is 9.33. The molecule has 0 bridgehead atoms. The maximum atomic E-state index is 12.0. The molecule has 15 heavy (non-hydrogen) atoms. The summed E-state index contributed by atoms with van der Waals surface area (Å²) in [4.78, 5) is 25.7. The third kappa shape index (κ3) is 1.24. The van der Waals surface area contributed by atoms with Crippen molar-refractivity contribution in [1.82, 2.24) is 10.2 Å². The summed E-state index contributed by atoms with van der Waals surface area (Å²) in [5.74, 6) is 0.0556. The van der Waals surface area contributed by atoms with Crippen LogP contribution in [0.25, 0.3) is 0 Å². The fraction of sp³-hybridized carbons (Fsp3) is 0.818. The van der Waals surface area contributed by atoms with Crippen molar-refractivity contribution in [2.45, 2.75) is 31.7 Å². The Kier molecular flexibility index (Phi) is 2.06. The number of hydrogen-bond donors (Lipinski definition) is 1. The van der Waals surface area contributed by atoms with E-state index in [0.29, 0.717) is 13.1 Å². The lowest BCUT2D eigenvalue weighted by Gasteiger charge is -2.22. The molecule has 0 aromatic carbocycles. The van der Waals surface area contributed by atoms with Crippen LogP contribution in [0.15, 0.2) is 0 Å². The zero-order valence-electron chi connectivity index (χ0n) is 8.74. The number of hydrogen-bond acceptors (Lipinski definition) is 3. The summed E-state index contributed by atoms with van der Waals surface area (Å²) in [6.07, 6.45) is 4.36. The Bertz CT molecular complexity index is 288. The quantitative estimate of drug-likeness (QED) is 0.623. The summed E-state index contributed by atoms with van der Waals surface area (Å²) in [5, 5.41) is 3.13. The van der Waals surface area contributed by atoms with Gasteiger partial charge in [-0.25, -0.2) is 0 Å². The second kappa shape index (κ2) is 3.30. The predicted octanol–water partition coefficient (Wildman–Crippen LogP) is 0.133. The van der Waals surface area contributed by atoms with Crippen LogP contribution in [-0.4, -0.2) is 35.8 Å². The molecule has 3 aliphatic rings. The second-order valence-electron chi connectivity index (χ2n) is 4.86. The van der Waals surface area contributed by atoms with Crippen molar-refractivity contribution in [2.24, 2.45) is 11.8 Å². The van der Waals surface area contributed by atoms with Gasteiger partial charge in [0.05, 0.1) is 11.8 Å². The van der Waals surface area contributed by atoms with E-state index >= 15 is 0 Å². The van der Waals surface area contributed by atoms with Gasteiger partial charge in [0.25, 0.3) is 0 Å². The minimum absolute atomic E-state index is 0.0573. The van der Waals surface area contributed by atoms with Gasteiger partial charge in [-0.15, -0.1) is 0 Å². The summed E-state index contributed by atoms with van der Waals surface area (Å²) in [7, 11) is 0. The largest absolute Gasteiger partial charge is 0.315 e. The van der Waals surface area contributed by atoms with Gasteiger partial charge in [0.15, 0.2) is 0 Å². The Morgan fingerprint density at radius 1 is 1.00 bits per heavy atom. The van der Waals surface area contributed by atoms with Gasteiger partial charge in [-0.3, -0.25) is 14.5 Å². The molecule has 3 rings (SSSR count). The second-order valence-corrected chi connectivity index (χ2v) is 4.86. The van der Waals surface area contributed by atoms with Gasteiger partial charge in [0.2, 0.25) is 11.8 Å². The van der Waals surface area contributed by atoms with Crippen LogP contribution in [0.4, 0.5) is 0 Å². The standard InChI is InChI=1S/C11H16N2O2/c14-10-8-5-12-6-9(8)11(15)13(10)7-3-1-2-4-7/h7-9,12H,1-6H2/t8-,9-/m1/s1. The van der Waals surface area contributed by atoms with E-state index < -0.39 is 0 Å². The van der Waals surface area contributed by atoms with Gasteiger partial charge in [-0.05, 0) is 12.8 Å². The first-order valence-corrected chi connectivity index (χ1v) is 5.86. The minimum atomic E-state index is -0.0573. The number of amides is 2. The summed E-state index contributed by atoms with van der Waals surface area (Å²) >= 11 is 0. The number of rotatable bonds is 1. The van der Waals surface area contributed by atoms with Crippen LogP contribution in [0.1, 0.15) is 25.7 Å². The Morgan fingerprint density at radius 2 is 1.53 bits per heavy atom. The van der Waals surface area contributed by atoms with Gasteiger partial charge in [-0.2, -0.15) is 0 Å². The molecule has 0 unspecified atom stereocenters. The van der Waals surface area contributed by atoms with Crippen LogP contribution in [-0.2, 0) is 9.59 Å². The molecule has 0 aromatic heterocycles. The third-order valence-corrected chi connectivity index (χ3v) is 4.01. The summed E-state index contributed by atoms with van der Waals surface area (Å²) in [6, 6.07) is 0.218. The van der Waals surface area contributed by atoms with E-state index in [-0.39, 0.29) is 29.7 Å². The monoisotopic (exact) mass is 208 g/mol. The fourth-order valence-electron chi connectivity index (χ4n) is 3.19.